The molecule has 0 aliphatic carbocycles. The highest BCUT2D eigenvalue weighted by Crippen LogP contribution is 2.34. The molecule has 0 fully saturated rings. The highest BCUT2D eigenvalue weighted by Gasteiger charge is 2.16. The Kier molecular flexibility index (Phi) is 9.47. The number of aryl methyl sites for hydroxylation is 1. The van der Waals surface area contributed by atoms with Crippen LogP contribution in [0.25, 0.3) is 0 Å². The number of carbonyl (C=O) groups excluding carboxylic acids is 2. The van der Waals surface area contributed by atoms with Gasteiger partial charge in [-0.25, -0.2) is 15.4 Å². The number of aromatic nitrogens is 2. The number of hydroxylamine groups is 1. The summed E-state index contributed by atoms with van der Waals surface area (Å²) in [4.78, 5) is 39.5. The lowest BCUT2D eigenvalue weighted by Crippen LogP contribution is -2.22. The molecule has 0 saturated carbocycles. The molecule has 2 aromatic carbocycles. The third kappa shape index (κ3) is 6.90. The molecule has 11 nitrogen and oxygen atoms in total. The summed E-state index contributed by atoms with van der Waals surface area (Å²) in [6.07, 6.45) is 4.19. The second-order valence-electron chi connectivity index (χ2n) is 8.22. The smallest absolute Gasteiger partial charge is 0.274 e. The maximum atomic E-state index is 12.2. The molecule has 38 heavy (non-hydrogen) atoms. The fourth-order valence-corrected chi connectivity index (χ4v) is 3.64. The van der Waals surface area contributed by atoms with Gasteiger partial charge in [0.2, 0.25) is 11.9 Å². The molecule has 0 spiro atoms. The first kappa shape index (κ1) is 28.2. The van der Waals surface area contributed by atoms with Crippen molar-refractivity contribution in [3.05, 3.63) is 71.0 Å². The van der Waals surface area contributed by atoms with Gasteiger partial charge in [-0.2, -0.15) is 0 Å². The molecule has 3 rings (SSSR count). The predicted molar refractivity (Wildman–Crippen MR) is 146 cm³/mol. The first-order valence-corrected chi connectivity index (χ1v) is 11.7. The lowest BCUT2D eigenvalue weighted by molar-refractivity contribution is -0.111. The van der Waals surface area contributed by atoms with E-state index in [1.54, 1.807) is 6.07 Å². The topological polar surface area (TPSA) is 127 Å². The van der Waals surface area contributed by atoms with Crippen molar-refractivity contribution in [2.75, 3.05) is 43.8 Å². The average Bonchev–Trinajstić information content (AvgIpc) is 2.90. The Balaban J connectivity index is 1.79. The fraction of sp³-hybridized carbons (Fsp3) is 0.231. The van der Waals surface area contributed by atoms with Crippen LogP contribution in [-0.2, 0) is 16.2 Å². The molecule has 0 bridgehead atoms. The van der Waals surface area contributed by atoms with Gasteiger partial charge in [-0.05, 0) is 42.8 Å². The Morgan fingerprint density at radius 2 is 1.84 bits per heavy atom. The molecular formula is C26H29ClN6O5. The van der Waals surface area contributed by atoms with Crippen molar-refractivity contribution in [3.8, 4) is 11.5 Å². The van der Waals surface area contributed by atoms with Crippen LogP contribution in [0, 0.1) is 6.92 Å². The van der Waals surface area contributed by atoms with Crippen molar-refractivity contribution in [3.63, 3.8) is 0 Å². The summed E-state index contributed by atoms with van der Waals surface area (Å²) < 4.78 is 11.1. The van der Waals surface area contributed by atoms with E-state index in [0.29, 0.717) is 39.4 Å². The number of anilines is 4. The van der Waals surface area contributed by atoms with Gasteiger partial charge in [-0.15, -0.1) is 0 Å². The van der Waals surface area contributed by atoms with Crippen LogP contribution in [-0.4, -0.2) is 50.1 Å². The highest BCUT2D eigenvalue weighted by atomic mass is 35.5. The van der Waals surface area contributed by atoms with Crippen molar-refractivity contribution >= 4 is 46.4 Å². The number of nitrogens with one attached hydrogen (secondary N) is 3. The second kappa shape index (κ2) is 12.7. The van der Waals surface area contributed by atoms with E-state index in [1.165, 1.54) is 38.8 Å². The van der Waals surface area contributed by atoms with Crippen LogP contribution in [0.2, 0.25) is 5.02 Å². The van der Waals surface area contributed by atoms with E-state index >= 15 is 0 Å². The zero-order valence-corrected chi connectivity index (χ0v) is 22.5. The summed E-state index contributed by atoms with van der Waals surface area (Å²) in [5, 5.41) is 6.28. The molecule has 0 atom stereocenters. The summed E-state index contributed by atoms with van der Waals surface area (Å²) in [6, 6.07) is 6.90. The van der Waals surface area contributed by atoms with Gasteiger partial charge in [0.25, 0.3) is 5.91 Å². The van der Waals surface area contributed by atoms with Crippen LogP contribution in [0.4, 0.5) is 23.0 Å². The summed E-state index contributed by atoms with van der Waals surface area (Å²) in [5.74, 6) is 0.189. The van der Waals surface area contributed by atoms with Crippen LogP contribution >= 0.6 is 11.6 Å². The van der Waals surface area contributed by atoms with Gasteiger partial charge in [-0.1, -0.05) is 18.2 Å². The molecule has 2 amide bonds. The number of amides is 2. The van der Waals surface area contributed by atoms with Gasteiger partial charge in [-0.3, -0.25) is 14.4 Å². The zero-order chi connectivity index (χ0) is 27.8. The number of carbonyl (C=O) groups is 2. The van der Waals surface area contributed by atoms with Gasteiger partial charge in [0, 0.05) is 30.9 Å². The third-order valence-corrected chi connectivity index (χ3v) is 5.76. The highest BCUT2D eigenvalue weighted by molar-refractivity contribution is 6.33. The fourth-order valence-electron chi connectivity index (χ4n) is 3.39. The number of methoxy groups -OCH3 is 1. The van der Waals surface area contributed by atoms with E-state index in [9.17, 15) is 9.59 Å². The SMILES string of the molecule is C=CC(=O)Nc1cc(N(C)C)cc(C)c1Nc1ncc(OCc2cc(C(=O)NOC)cc(OC)c2Cl)cn1. The number of hydrogen-bond donors (Lipinski definition) is 3. The minimum Gasteiger partial charge on any atom is -0.495 e. The molecule has 3 N–H and O–H groups in total. The van der Waals surface area contributed by atoms with E-state index in [4.69, 9.17) is 21.1 Å². The van der Waals surface area contributed by atoms with Gasteiger partial charge >= 0.3 is 0 Å². The molecule has 0 radical (unpaired) electrons. The van der Waals surface area contributed by atoms with E-state index in [0.717, 1.165) is 11.3 Å². The molecule has 0 saturated heterocycles. The van der Waals surface area contributed by atoms with Gasteiger partial charge in [0.15, 0.2) is 5.75 Å². The summed E-state index contributed by atoms with van der Waals surface area (Å²) in [7, 11) is 6.62. The predicted octanol–water partition coefficient (Wildman–Crippen LogP) is 4.25. The normalized spacial score (nSPS) is 10.4. The van der Waals surface area contributed by atoms with Crippen LogP contribution in [0.3, 0.4) is 0 Å². The number of benzene rings is 2. The van der Waals surface area contributed by atoms with Crippen LogP contribution < -0.4 is 30.5 Å². The van der Waals surface area contributed by atoms with Crippen LogP contribution in [0.1, 0.15) is 21.5 Å². The number of hydrogen-bond acceptors (Lipinski definition) is 9. The van der Waals surface area contributed by atoms with Crippen molar-refractivity contribution in [2.45, 2.75) is 13.5 Å². The largest absolute Gasteiger partial charge is 0.495 e. The number of nitrogens with zero attached hydrogens (tertiary/aromatic N) is 3. The van der Waals surface area contributed by atoms with Crippen LogP contribution in [0.15, 0.2) is 49.3 Å². The minimum absolute atomic E-state index is 0.0300. The standard InChI is InChI=1S/C26H29ClN6O5/c1-7-22(34)30-20-11-18(33(3)4)8-15(2)24(20)31-26-28-12-19(13-29-26)38-14-17-9-16(25(35)32-37-6)10-21(36-5)23(17)27/h7-13H,1,14H2,2-6H3,(H,30,34)(H,32,35)(H,28,29,31). The minimum atomic E-state index is -0.458. The van der Waals surface area contributed by atoms with E-state index in [-0.39, 0.29) is 18.1 Å². The van der Waals surface area contributed by atoms with Crippen molar-refractivity contribution < 1.29 is 23.9 Å². The van der Waals surface area contributed by atoms with Crippen molar-refractivity contribution in [1.82, 2.24) is 15.4 Å². The maximum Gasteiger partial charge on any atom is 0.274 e. The zero-order valence-electron chi connectivity index (χ0n) is 21.7. The van der Waals surface area contributed by atoms with Gasteiger partial charge < -0.3 is 25.0 Å². The summed E-state index contributed by atoms with van der Waals surface area (Å²) >= 11 is 6.40. The quantitative estimate of drug-likeness (QED) is 0.241. The molecule has 1 heterocycles. The molecule has 3 aromatic rings. The lowest BCUT2D eigenvalue weighted by Gasteiger charge is -2.20. The van der Waals surface area contributed by atoms with E-state index in [2.05, 4.69) is 37.5 Å². The van der Waals surface area contributed by atoms with E-state index < -0.39 is 5.91 Å². The Morgan fingerprint density at radius 3 is 2.45 bits per heavy atom. The van der Waals surface area contributed by atoms with Crippen molar-refractivity contribution in [2.24, 2.45) is 0 Å². The molecule has 0 unspecified atom stereocenters. The van der Waals surface area contributed by atoms with E-state index in [1.807, 2.05) is 38.1 Å². The Labute approximate surface area is 225 Å². The maximum absolute atomic E-state index is 12.2. The average molecular weight is 541 g/mol. The van der Waals surface area contributed by atoms with Gasteiger partial charge in [0.1, 0.15) is 12.4 Å². The third-order valence-electron chi connectivity index (χ3n) is 5.33. The van der Waals surface area contributed by atoms with Crippen LogP contribution in [0.5, 0.6) is 11.5 Å². The summed E-state index contributed by atoms with van der Waals surface area (Å²) in [5.41, 5.74) is 6.06. The first-order chi connectivity index (χ1) is 18.2. The van der Waals surface area contributed by atoms with Crippen molar-refractivity contribution in [1.29, 1.82) is 0 Å². The number of rotatable bonds is 11. The lowest BCUT2D eigenvalue weighted by atomic mass is 10.1. The van der Waals surface area contributed by atoms with Gasteiger partial charge in [0.05, 0.1) is 43.0 Å². The molecule has 0 aliphatic heterocycles. The Bertz CT molecular complexity index is 1330. The Morgan fingerprint density at radius 1 is 1.13 bits per heavy atom. The first-order valence-electron chi connectivity index (χ1n) is 11.3. The Hall–Kier alpha value is -4.35. The second-order valence-corrected chi connectivity index (χ2v) is 8.59. The summed E-state index contributed by atoms with van der Waals surface area (Å²) in [6.45, 7) is 5.46. The molecular weight excluding hydrogens is 512 g/mol. The molecule has 12 heteroatoms. The molecule has 0 aliphatic rings. The molecule has 1 aromatic heterocycles. The molecule has 200 valence electrons. The monoisotopic (exact) mass is 540 g/mol. The number of ether oxygens (including phenoxy) is 2. The number of halogens is 1.